The van der Waals surface area contributed by atoms with E-state index in [1.165, 1.54) is 0 Å². The summed E-state index contributed by atoms with van der Waals surface area (Å²) in [7, 11) is 1.69. The lowest BCUT2D eigenvalue weighted by Gasteiger charge is -2.01. The first kappa shape index (κ1) is 16.1. The summed E-state index contributed by atoms with van der Waals surface area (Å²) in [6.07, 6.45) is 0. The molecule has 5 heteroatoms. The maximum atomic E-state index is 5.95. The smallest absolute Gasteiger partial charge is 0.134 e. The highest BCUT2D eigenvalue weighted by atomic mass is 35.5. The number of benzene rings is 1. The lowest BCUT2D eigenvalue weighted by atomic mass is 10.2. The average Bonchev–Trinajstić information content (AvgIpc) is 2.83. The number of rotatable bonds is 6. The number of nitrogens with one attached hydrogen (secondary N) is 1. The second-order valence-electron chi connectivity index (χ2n) is 3.95. The fourth-order valence-corrected chi connectivity index (χ4v) is 1.85. The van der Waals surface area contributed by atoms with Crippen molar-refractivity contribution in [1.82, 2.24) is 5.32 Å². The third-order valence-corrected chi connectivity index (χ3v) is 2.79. The van der Waals surface area contributed by atoms with Gasteiger partial charge in [-0.2, -0.15) is 0 Å². The minimum atomic E-state index is 0. The van der Waals surface area contributed by atoms with Crippen LogP contribution in [0.2, 0.25) is 5.02 Å². The summed E-state index contributed by atoms with van der Waals surface area (Å²) in [6, 6.07) is 11.6. The Kier molecular flexibility index (Phi) is 6.95. The Morgan fingerprint density at radius 1 is 1.26 bits per heavy atom. The fourth-order valence-electron chi connectivity index (χ4n) is 1.66. The van der Waals surface area contributed by atoms with Gasteiger partial charge in [0.05, 0.1) is 13.2 Å². The standard InChI is InChI=1S/C14H16ClNO2.ClH/c1-17-8-7-16-10-13-5-6-14(18-13)11-3-2-4-12(15)9-11;/h2-6,9,16H,7-8,10H2,1H3;1H. The molecule has 0 bridgehead atoms. The molecule has 0 spiro atoms. The van der Waals surface area contributed by atoms with Crippen molar-refractivity contribution in [1.29, 1.82) is 0 Å². The van der Waals surface area contributed by atoms with E-state index in [9.17, 15) is 0 Å². The summed E-state index contributed by atoms with van der Waals surface area (Å²) in [5.74, 6) is 1.74. The highest BCUT2D eigenvalue weighted by Crippen LogP contribution is 2.24. The monoisotopic (exact) mass is 301 g/mol. The highest BCUT2D eigenvalue weighted by molar-refractivity contribution is 6.30. The topological polar surface area (TPSA) is 34.4 Å². The molecule has 0 amide bonds. The summed E-state index contributed by atoms with van der Waals surface area (Å²) in [6.45, 7) is 2.20. The maximum absolute atomic E-state index is 5.95. The summed E-state index contributed by atoms with van der Waals surface area (Å²) >= 11 is 5.95. The first-order valence-corrected chi connectivity index (χ1v) is 6.21. The zero-order chi connectivity index (χ0) is 12.8. The van der Waals surface area contributed by atoms with Crippen LogP contribution in [0.5, 0.6) is 0 Å². The van der Waals surface area contributed by atoms with Gasteiger partial charge in [0, 0.05) is 24.2 Å². The molecule has 0 aliphatic carbocycles. The van der Waals surface area contributed by atoms with Gasteiger partial charge in [0.1, 0.15) is 11.5 Å². The number of furan rings is 1. The van der Waals surface area contributed by atoms with E-state index in [1.54, 1.807) is 7.11 Å². The van der Waals surface area contributed by atoms with Crippen LogP contribution in [-0.2, 0) is 11.3 Å². The van der Waals surface area contributed by atoms with Crippen molar-refractivity contribution in [2.45, 2.75) is 6.54 Å². The molecule has 19 heavy (non-hydrogen) atoms. The molecule has 0 aliphatic heterocycles. The Balaban J connectivity index is 0.00000180. The van der Waals surface area contributed by atoms with Gasteiger partial charge in [0.15, 0.2) is 0 Å². The average molecular weight is 302 g/mol. The molecule has 104 valence electrons. The molecule has 0 saturated carbocycles. The molecule has 0 atom stereocenters. The molecule has 2 aromatic rings. The zero-order valence-electron chi connectivity index (χ0n) is 10.7. The van der Waals surface area contributed by atoms with E-state index in [-0.39, 0.29) is 12.4 Å². The minimum Gasteiger partial charge on any atom is -0.460 e. The van der Waals surface area contributed by atoms with Crippen molar-refractivity contribution in [2.24, 2.45) is 0 Å². The second kappa shape index (κ2) is 8.23. The summed E-state index contributed by atoms with van der Waals surface area (Å²) in [4.78, 5) is 0. The predicted molar refractivity (Wildman–Crippen MR) is 80.0 cm³/mol. The largest absolute Gasteiger partial charge is 0.460 e. The van der Waals surface area contributed by atoms with Crippen molar-refractivity contribution >= 4 is 24.0 Å². The third kappa shape index (κ3) is 4.88. The first-order valence-electron chi connectivity index (χ1n) is 5.84. The van der Waals surface area contributed by atoms with E-state index in [0.717, 1.165) is 23.6 Å². The molecule has 0 radical (unpaired) electrons. The van der Waals surface area contributed by atoms with Crippen LogP contribution in [-0.4, -0.2) is 20.3 Å². The molecule has 1 aromatic carbocycles. The summed E-state index contributed by atoms with van der Waals surface area (Å²) < 4.78 is 10.7. The quantitative estimate of drug-likeness (QED) is 0.825. The number of hydrogen-bond acceptors (Lipinski definition) is 3. The van der Waals surface area contributed by atoms with Crippen LogP contribution in [0, 0.1) is 0 Å². The molecular formula is C14H17Cl2NO2. The highest BCUT2D eigenvalue weighted by Gasteiger charge is 2.04. The summed E-state index contributed by atoms with van der Waals surface area (Å²) in [5.41, 5.74) is 0.991. The van der Waals surface area contributed by atoms with Crippen molar-refractivity contribution in [3.05, 3.63) is 47.2 Å². The Morgan fingerprint density at radius 3 is 2.84 bits per heavy atom. The van der Waals surface area contributed by atoms with Crippen LogP contribution in [0.25, 0.3) is 11.3 Å². The zero-order valence-corrected chi connectivity index (χ0v) is 12.3. The molecule has 1 N–H and O–H groups in total. The van der Waals surface area contributed by atoms with Crippen LogP contribution < -0.4 is 5.32 Å². The number of hydrogen-bond donors (Lipinski definition) is 1. The molecule has 0 unspecified atom stereocenters. The summed E-state index contributed by atoms with van der Waals surface area (Å²) in [5, 5.41) is 3.95. The van der Waals surface area contributed by atoms with E-state index in [0.29, 0.717) is 18.2 Å². The predicted octanol–water partition coefficient (Wildman–Crippen LogP) is 3.76. The molecule has 1 aromatic heterocycles. The van der Waals surface area contributed by atoms with Gasteiger partial charge in [-0.1, -0.05) is 23.7 Å². The van der Waals surface area contributed by atoms with Crippen LogP contribution >= 0.6 is 24.0 Å². The number of ether oxygens (including phenoxy) is 1. The lowest BCUT2D eigenvalue weighted by molar-refractivity contribution is 0.198. The first-order chi connectivity index (χ1) is 8.79. The maximum Gasteiger partial charge on any atom is 0.134 e. The van der Waals surface area contributed by atoms with Crippen molar-refractivity contribution in [3.8, 4) is 11.3 Å². The van der Waals surface area contributed by atoms with Crippen LogP contribution in [0.4, 0.5) is 0 Å². The normalized spacial score (nSPS) is 10.2. The van der Waals surface area contributed by atoms with E-state index in [1.807, 2.05) is 36.4 Å². The van der Waals surface area contributed by atoms with Gasteiger partial charge in [-0.05, 0) is 24.3 Å². The molecule has 0 saturated heterocycles. The fraction of sp³-hybridized carbons (Fsp3) is 0.286. The Morgan fingerprint density at radius 2 is 2.11 bits per heavy atom. The van der Waals surface area contributed by atoms with Crippen molar-refractivity contribution in [3.63, 3.8) is 0 Å². The van der Waals surface area contributed by atoms with Gasteiger partial charge in [-0.3, -0.25) is 0 Å². The Bertz CT molecular complexity index is 500. The third-order valence-electron chi connectivity index (χ3n) is 2.55. The van der Waals surface area contributed by atoms with Crippen molar-refractivity contribution < 1.29 is 9.15 Å². The SMILES string of the molecule is COCCNCc1ccc(-c2cccc(Cl)c2)o1.Cl. The van der Waals surface area contributed by atoms with Gasteiger partial charge in [-0.15, -0.1) is 12.4 Å². The molecule has 0 fully saturated rings. The van der Waals surface area contributed by atoms with Crippen LogP contribution in [0.15, 0.2) is 40.8 Å². The number of halogens is 2. The van der Waals surface area contributed by atoms with Gasteiger partial charge in [-0.25, -0.2) is 0 Å². The van der Waals surface area contributed by atoms with Crippen molar-refractivity contribution in [2.75, 3.05) is 20.3 Å². The molecule has 0 aliphatic rings. The van der Waals surface area contributed by atoms with E-state index < -0.39 is 0 Å². The molecule has 3 nitrogen and oxygen atoms in total. The van der Waals surface area contributed by atoms with E-state index >= 15 is 0 Å². The molecule has 2 rings (SSSR count). The Labute approximate surface area is 124 Å². The van der Waals surface area contributed by atoms with Gasteiger partial charge >= 0.3 is 0 Å². The van der Waals surface area contributed by atoms with E-state index in [2.05, 4.69) is 5.32 Å². The van der Waals surface area contributed by atoms with Gasteiger partial charge < -0.3 is 14.5 Å². The Hall–Kier alpha value is -1.000. The van der Waals surface area contributed by atoms with Gasteiger partial charge in [0.25, 0.3) is 0 Å². The number of methoxy groups -OCH3 is 1. The minimum absolute atomic E-state index is 0. The van der Waals surface area contributed by atoms with Gasteiger partial charge in [0.2, 0.25) is 0 Å². The lowest BCUT2D eigenvalue weighted by Crippen LogP contribution is -2.18. The van der Waals surface area contributed by atoms with E-state index in [4.69, 9.17) is 20.8 Å². The van der Waals surface area contributed by atoms with Crippen LogP contribution in [0.3, 0.4) is 0 Å². The molecule has 1 heterocycles. The molecular weight excluding hydrogens is 285 g/mol. The van der Waals surface area contributed by atoms with Crippen LogP contribution in [0.1, 0.15) is 5.76 Å². The second-order valence-corrected chi connectivity index (χ2v) is 4.38.